The summed E-state index contributed by atoms with van der Waals surface area (Å²) in [6, 6.07) is 19.6. The second-order valence-corrected chi connectivity index (χ2v) is 8.27. The summed E-state index contributed by atoms with van der Waals surface area (Å²) < 4.78 is 1.64. The first-order valence-electron chi connectivity index (χ1n) is 9.42. The van der Waals surface area contributed by atoms with Crippen LogP contribution in [0, 0.1) is 0 Å². The highest BCUT2D eigenvalue weighted by Crippen LogP contribution is 2.28. The van der Waals surface area contributed by atoms with Gasteiger partial charge in [-0.15, -0.1) is 10.1 Å². The molecule has 3 aromatic carbocycles. The summed E-state index contributed by atoms with van der Waals surface area (Å²) in [5, 5.41) is 4.37. The molecule has 4 rings (SSSR count). The third-order valence-corrected chi connectivity index (χ3v) is 5.73. The number of rotatable bonds is 4. The van der Waals surface area contributed by atoms with Gasteiger partial charge in [-0.1, -0.05) is 65.1 Å². The Bertz CT molecular complexity index is 1160. The van der Waals surface area contributed by atoms with Crippen LogP contribution >= 0.6 is 34.8 Å². The first-order chi connectivity index (χ1) is 14.9. The molecule has 1 heterocycles. The summed E-state index contributed by atoms with van der Waals surface area (Å²) >= 11 is 18.4. The lowest BCUT2D eigenvalue weighted by molar-refractivity contribution is -0.596. The number of halogens is 3. The van der Waals surface area contributed by atoms with Crippen molar-refractivity contribution in [3.63, 3.8) is 0 Å². The molecule has 0 spiro atoms. The maximum atomic E-state index is 12.9. The van der Waals surface area contributed by atoms with Gasteiger partial charge >= 0.3 is 5.91 Å². The number of hydrogen-bond acceptors (Lipinski definition) is 2. The van der Waals surface area contributed by atoms with E-state index in [4.69, 9.17) is 34.8 Å². The average molecular weight is 474 g/mol. The molecule has 0 aliphatic carbocycles. The molecule has 2 amide bonds. The van der Waals surface area contributed by atoms with Crippen LogP contribution in [0.5, 0.6) is 0 Å². The van der Waals surface area contributed by atoms with E-state index in [1.54, 1.807) is 65.5 Å². The summed E-state index contributed by atoms with van der Waals surface area (Å²) in [7, 11) is 0. The van der Waals surface area contributed by atoms with Crippen LogP contribution in [-0.2, 0) is 4.79 Å². The maximum Gasteiger partial charge on any atom is 0.304 e. The minimum atomic E-state index is -0.837. The van der Waals surface area contributed by atoms with E-state index < -0.39 is 12.1 Å². The zero-order chi connectivity index (χ0) is 22.0. The van der Waals surface area contributed by atoms with Crippen LogP contribution in [0.1, 0.15) is 27.5 Å². The molecule has 0 aromatic heterocycles. The fourth-order valence-corrected chi connectivity index (χ4v) is 3.99. The number of hydrazine groups is 1. The summed E-state index contributed by atoms with van der Waals surface area (Å²) in [6.45, 7) is 0. The first-order valence-corrected chi connectivity index (χ1v) is 10.6. The lowest BCUT2D eigenvalue weighted by atomic mass is 10.00. The van der Waals surface area contributed by atoms with E-state index in [-0.39, 0.29) is 11.8 Å². The smallest absolute Gasteiger partial charge is 0.304 e. The van der Waals surface area contributed by atoms with Crippen LogP contribution in [-0.4, -0.2) is 28.8 Å². The van der Waals surface area contributed by atoms with E-state index in [9.17, 15) is 9.59 Å². The maximum absolute atomic E-state index is 12.9. The van der Waals surface area contributed by atoms with Crippen molar-refractivity contribution in [2.75, 3.05) is 0 Å². The zero-order valence-corrected chi connectivity index (χ0v) is 18.3. The Hall–Kier alpha value is -2.86. The van der Waals surface area contributed by atoms with Crippen LogP contribution in [0.2, 0.25) is 15.1 Å². The highest BCUT2D eigenvalue weighted by atomic mass is 35.5. The molecule has 1 fully saturated rings. The van der Waals surface area contributed by atoms with Crippen LogP contribution in [0.25, 0.3) is 0 Å². The molecule has 1 aliphatic heterocycles. The average Bonchev–Trinajstić information content (AvgIpc) is 3.06. The van der Waals surface area contributed by atoms with Crippen molar-refractivity contribution >= 4 is 52.8 Å². The van der Waals surface area contributed by atoms with Crippen molar-refractivity contribution in [3.8, 4) is 0 Å². The molecule has 2 atom stereocenters. The number of hydrazone groups is 1. The number of amides is 2. The fourth-order valence-electron chi connectivity index (χ4n) is 3.41. The van der Waals surface area contributed by atoms with Crippen molar-refractivity contribution in [2.24, 2.45) is 0 Å². The van der Waals surface area contributed by atoms with Crippen molar-refractivity contribution in [1.82, 2.24) is 10.7 Å². The summed E-state index contributed by atoms with van der Waals surface area (Å²) in [4.78, 5) is 25.6. The van der Waals surface area contributed by atoms with Gasteiger partial charge in [-0.05, 0) is 42.5 Å². The Balaban J connectivity index is 1.73. The van der Waals surface area contributed by atoms with E-state index in [0.717, 1.165) is 5.56 Å². The molecule has 2 N–H and O–H groups in total. The normalized spacial score (nSPS) is 19.3. The number of benzene rings is 3. The summed E-state index contributed by atoms with van der Waals surface area (Å²) in [6.07, 6.45) is 1.71. The number of nitrogens with one attached hydrogen (secondary N) is 2. The fraction of sp³-hybridized carbons (Fsp3) is 0.0870. The Morgan fingerprint density at radius 2 is 1.61 bits per heavy atom. The second kappa shape index (κ2) is 9.10. The highest BCUT2D eigenvalue weighted by Gasteiger charge is 2.47. The second-order valence-electron chi connectivity index (χ2n) is 6.99. The lowest BCUT2D eigenvalue weighted by Gasteiger charge is -2.15. The molecular formula is C23H17Cl3N3O2+. The number of carbonyl (C=O) groups excluding carboxylic acids is 2. The number of nitrogens with zero attached hydrogens (tertiary/aromatic N) is 1. The van der Waals surface area contributed by atoms with Gasteiger partial charge in [0.2, 0.25) is 12.3 Å². The van der Waals surface area contributed by atoms with Gasteiger partial charge in [0.1, 0.15) is 0 Å². The van der Waals surface area contributed by atoms with E-state index in [0.29, 0.717) is 26.2 Å². The van der Waals surface area contributed by atoms with Gasteiger partial charge in [-0.2, -0.15) is 0 Å². The van der Waals surface area contributed by atoms with Gasteiger partial charge < -0.3 is 5.32 Å². The number of carbonyl (C=O) groups is 2. The summed E-state index contributed by atoms with van der Waals surface area (Å²) in [5.41, 5.74) is 4.74. The largest absolute Gasteiger partial charge is 0.334 e. The molecule has 0 bridgehead atoms. The van der Waals surface area contributed by atoms with Crippen LogP contribution in [0.3, 0.4) is 0 Å². The monoisotopic (exact) mass is 472 g/mol. The molecule has 1 saturated heterocycles. The Morgan fingerprint density at radius 1 is 0.935 bits per heavy atom. The van der Waals surface area contributed by atoms with E-state index >= 15 is 0 Å². The molecule has 156 valence electrons. The van der Waals surface area contributed by atoms with Gasteiger partial charge in [-0.25, -0.2) is 0 Å². The third kappa shape index (κ3) is 4.74. The van der Waals surface area contributed by atoms with E-state index in [2.05, 4.69) is 10.7 Å². The lowest BCUT2D eigenvalue weighted by Crippen LogP contribution is -2.42. The van der Waals surface area contributed by atoms with E-state index in [1.807, 2.05) is 18.2 Å². The van der Waals surface area contributed by atoms with Gasteiger partial charge in [0.05, 0.1) is 10.6 Å². The third-order valence-electron chi connectivity index (χ3n) is 4.91. The van der Waals surface area contributed by atoms with Crippen molar-refractivity contribution in [3.05, 3.63) is 105 Å². The Kier molecular flexibility index (Phi) is 6.28. The zero-order valence-electron chi connectivity index (χ0n) is 16.1. The van der Waals surface area contributed by atoms with Crippen molar-refractivity contribution in [2.45, 2.75) is 12.1 Å². The van der Waals surface area contributed by atoms with E-state index in [1.165, 1.54) is 0 Å². The molecule has 31 heavy (non-hydrogen) atoms. The van der Waals surface area contributed by atoms with Crippen LogP contribution < -0.4 is 10.7 Å². The SMILES string of the molecule is O=C(N[C@@H]1C(=O)N/[N+](=C\c2ccc(Cl)cc2Cl)[C@H]1c1ccc(Cl)cc1)c1ccccc1. The minimum Gasteiger partial charge on any atom is -0.334 e. The van der Waals surface area contributed by atoms with Crippen molar-refractivity contribution < 1.29 is 14.3 Å². The van der Waals surface area contributed by atoms with Gasteiger partial charge in [-0.3, -0.25) is 9.59 Å². The molecule has 5 nitrogen and oxygen atoms in total. The first kappa shape index (κ1) is 21.4. The molecular weight excluding hydrogens is 457 g/mol. The molecule has 0 radical (unpaired) electrons. The van der Waals surface area contributed by atoms with Crippen molar-refractivity contribution in [1.29, 1.82) is 0 Å². The number of hydrogen-bond donors (Lipinski definition) is 2. The van der Waals surface area contributed by atoms with Gasteiger partial charge in [0.15, 0.2) is 6.04 Å². The van der Waals surface area contributed by atoms with Crippen LogP contribution in [0.4, 0.5) is 0 Å². The highest BCUT2D eigenvalue weighted by molar-refractivity contribution is 6.36. The molecule has 8 heteroatoms. The van der Waals surface area contributed by atoms with Gasteiger partial charge in [0, 0.05) is 21.2 Å². The molecule has 0 unspecified atom stereocenters. The quantitative estimate of drug-likeness (QED) is 0.541. The molecule has 1 aliphatic rings. The van der Waals surface area contributed by atoms with Gasteiger partial charge in [0.25, 0.3) is 5.91 Å². The molecule has 3 aromatic rings. The summed E-state index contributed by atoms with van der Waals surface area (Å²) in [5.74, 6) is -0.684. The van der Waals surface area contributed by atoms with Crippen LogP contribution in [0.15, 0.2) is 72.8 Å². The topological polar surface area (TPSA) is 61.2 Å². The standard InChI is InChI=1S/C23H16Cl3N3O2/c24-17-9-6-14(7-10-17)21-20(27-22(30)15-4-2-1-3-5-15)23(31)28-29(21)13-16-8-11-18(25)12-19(16)26/h1-13,20-21H,(H-,27,28,30,31)/p+1/b29-13-/t20-,21-/m0/s1. The minimum absolute atomic E-state index is 0.342. The predicted octanol–water partition coefficient (Wildman–Crippen LogP) is 4.66. The Labute approximate surface area is 194 Å². The Morgan fingerprint density at radius 3 is 2.29 bits per heavy atom. The predicted molar refractivity (Wildman–Crippen MR) is 122 cm³/mol. The molecule has 0 saturated carbocycles.